The lowest BCUT2D eigenvalue weighted by molar-refractivity contribution is 0.264. The van der Waals surface area contributed by atoms with E-state index in [0.717, 1.165) is 25.7 Å². The average Bonchev–Trinajstić information content (AvgIpc) is 3.07. The van der Waals surface area contributed by atoms with Crippen molar-refractivity contribution in [3.05, 3.63) is 18.2 Å². The van der Waals surface area contributed by atoms with Crippen molar-refractivity contribution >= 4 is 0 Å². The van der Waals surface area contributed by atoms with Gasteiger partial charge in [0.05, 0.1) is 12.0 Å². The predicted octanol–water partition coefficient (Wildman–Crippen LogP) is 1.87. The van der Waals surface area contributed by atoms with Crippen LogP contribution in [0.15, 0.2) is 12.5 Å². The van der Waals surface area contributed by atoms with Crippen LogP contribution in [-0.4, -0.2) is 39.6 Å². The van der Waals surface area contributed by atoms with Gasteiger partial charge in [0.25, 0.3) is 0 Å². The molecule has 18 heavy (non-hydrogen) atoms. The maximum Gasteiger partial charge on any atom is 0.0949 e. The SMILES string of the molecule is CCN(CCn1cncc1CNC(C)C)C1CC1. The van der Waals surface area contributed by atoms with Gasteiger partial charge in [-0.05, 0) is 19.4 Å². The van der Waals surface area contributed by atoms with Crippen LogP contribution in [0.5, 0.6) is 0 Å². The number of hydrogen-bond acceptors (Lipinski definition) is 3. The molecule has 0 aliphatic heterocycles. The van der Waals surface area contributed by atoms with E-state index in [0.29, 0.717) is 6.04 Å². The van der Waals surface area contributed by atoms with Crippen LogP contribution in [0.1, 0.15) is 39.3 Å². The summed E-state index contributed by atoms with van der Waals surface area (Å²) in [5.41, 5.74) is 1.29. The molecule has 0 unspecified atom stereocenters. The first kappa shape index (κ1) is 13.6. The fourth-order valence-electron chi connectivity index (χ4n) is 2.28. The molecule has 2 rings (SSSR count). The second kappa shape index (κ2) is 6.34. The summed E-state index contributed by atoms with van der Waals surface area (Å²) in [4.78, 5) is 6.85. The zero-order valence-corrected chi connectivity index (χ0v) is 11.9. The number of nitrogens with one attached hydrogen (secondary N) is 1. The summed E-state index contributed by atoms with van der Waals surface area (Å²) in [5.74, 6) is 0. The lowest BCUT2D eigenvalue weighted by Gasteiger charge is -2.20. The van der Waals surface area contributed by atoms with Crippen molar-refractivity contribution in [2.24, 2.45) is 0 Å². The van der Waals surface area contributed by atoms with Gasteiger partial charge in [-0.25, -0.2) is 4.98 Å². The number of imidazole rings is 1. The van der Waals surface area contributed by atoms with E-state index in [2.05, 4.69) is 40.5 Å². The average molecular weight is 250 g/mol. The maximum atomic E-state index is 4.27. The molecule has 4 heteroatoms. The first-order chi connectivity index (χ1) is 8.70. The van der Waals surface area contributed by atoms with Crippen LogP contribution >= 0.6 is 0 Å². The Morgan fingerprint density at radius 2 is 2.28 bits per heavy atom. The topological polar surface area (TPSA) is 33.1 Å². The third-order valence-corrected chi connectivity index (χ3v) is 3.59. The summed E-state index contributed by atoms with van der Waals surface area (Å²) in [6, 6.07) is 1.38. The Hall–Kier alpha value is -0.870. The lowest BCUT2D eigenvalue weighted by atomic mass is 10.3. The van der Waals surface area contributed by atoms with Gasteiger partial charge >= 0.3 is 0 Å². The van der Waals surface area contributed by atoms with E-state index < -0.39 is 0 Å². The Kier molecular flexibility index (Phi) is 4.78. The van der Waals surface area contributed by atoms with E-state index in [1.165, 1.54) is 25.1 Å². The highest BCUT2D eigenvalue weighted by Gasteiger charge is 2.27. The molecule has 0 saturated heterocycles. The van der Waals surface area contributed by atoms with E-state index in [1.807, 2.05) is 12.5 Å². The van der Waals surface area contributed by atoms with Crippen molar-refractivity contribution in [1.82, 2.24) is 19.8 Å². The smallest absolute Gasteiger partial charge is 0.0949 e. The van der Waals surface area contributed by atoms with Gasteiger partial charge in [0.2, 0.25) is 0 Å². The second-order valence-electron chi connectivity index (χ2n) is 5.47. The first-order valence-electron chi connectivity index (χ1n) is 7.17. The molecule has 1 aromatic rings. The predicted molar refractivity (Wildman–Crippen MR) is 74.5 cm³/mol. The van der Waals surface area contributed by atoms with E-state index in [1.54, 1.807) is 0 Å². The fourth-order valence-corrected chi connectivity index (χ4v) is 2.28. The largest absolute Gasteiger partial charge is 0.332 e. The van der Waals surface area contributed by atoms with Crippen LogP contribution in [0.3, 0.4) is 0 Å². The normalized spacial score (nSPS) is 15.8. The summed E-state index contributed by atoms with van der Waals surface area (Å²) < 4.78 is 2.28. The molecule has 102 valence electrons. The summed E-state index contributed by atoms with van der Waals surface area (Å²) >= 11 is 0. The molecule has 1 aliphatic rings. The summed E-state index contributed by atoms with van der Waals surface area (Å²) in [6.45, 7) is 10.9. The monoisotopic (exact) mass is 250 g/mol. The molecule has 1 aromatic heterocycles. The van der Waals surface area contributed by atoms with E-state index in [9.17, 15) is 0 Å². The van der Waals surface area contributed by atoms with Crippen molar-refractivity contribution in [3.63, 3.8) is 0 Å². The molecule has 1 fully saturated rings. The molecule has 0 amide bonds. The van der Waals surface area contributed by atoms with E-state index in [4.69, 9.17) is 0 Å². The third-order valence-electron chi connectivity index (χ3n) is 3.59. The highest BCUT2D eigenvalue weighted by Crippen LogP contribution is 2.26. The van der Waals surface area contributed by atoms with Gasteiger partial charge in [0.15, 0.2) is 0 Å². The molecule has 1 N–H and O–H groups in total. The third kappa shape index (κ3) is 3.82. The second-order valence-corrected chi connectivity index (χ2v) is 5.47. The maximum absolute atomic E-state index is 4.27. The van der Waals surface area contributed by atoms with Gasteiger partial charge in [0, 0.05) is 37.9 Å². The molecule has 1 aliphatic carbocycles. The molecule has 0 atom stereocenters. The van der Waals surface area contributed by atoms with Crippen molar-refractivity contribution in [3.8, 4) is 0 Å². The summed E-state index contributed by atoms with van der Waals surface area (Å²) in [5, 5.41) is 3.45. The Bertz CT molecular complexity index is 354. The number of aromatic nitrogens is 2. The van der Waals surface area contributed by atoms with Crippen LogP contribution in [0.4, 0.5) is 0 Å². The van der Waals surface area contributed by atoms with Gasteiger partial charge in [-0.3, -0.25) is 4.90 Å². The summed E-state index contributed by atoms with van der Waals surface area (Å²) in [6.07, 6.45) is 6.71. The van der Waals surface area contributed by atoms with Crippen LogP contribution in [0, 0.1) is 0 Å². The lowest BCUT2D eigenvalue weighted by Crippen LogP contribution is -2.30. The number of nitrogens with zero attached hydrogens (tertiary/aromatic N) is 3. The molecular weight excluding hydrogens is 224 g/mol. The summed E-state index contributed by atoms with van der Waals surface area (Å²) in [7, 11) is 0. The molecule has 0 radical (unpaired) electrons. The van der Waals surface area contributed by atoms with Gasteiger partial charge in [-0.1, -0.05) is 20.8 Å². The van der Waals surface area contributed by atoms with Crippen LogP contribution < -0.4 is 5.32 Å². The van der Waals surface area contributed by atoms with Crippen molar-refractivity contribution in [2.45, 2.75) is 58.8 Å². The van der Waals surface area contributed by atoms with Crippen LogP contribution in [0.2, 0.25) is 0 Å². The minimum Gasteiger partial charge on any atom is -0.332 e. The molecule has 4 nitrogen and oxygen atoms in total. The van der Waals surface area contributed by atoms with Crippen molar-refractivity contribution < 1.29 is 0 Å². The zero-order valence-electron chi connectivity index (χ0n) is 11.9. The Balaban J connectivity index is 1.82. The molecule has 0 aromatic carbocycles. The van der Waals surface area contributed by atoms with Gasteiger partial charge < -0.3 is 9.88 Å². The molecule has 1 saturated carbocycles. The van der Waals surface area contributed by atoms with Gasteiger partial charge in [-0.15, -0.1) is 0 Å². The molecule has 0 spiro atoms. The van der Waals surface area contributed by atoms with Gasteiger partial charge in [0.1, 0.15) is 0 Å². The minimum atomic E-state index is 0.520. The number of hydrogen-bond donors (Lipinski definition) is 1. The highest BCUT2D eigenvalue weighted by atomic mass is 15.2. The van der Waals surface area contributed by atoms with Crippen molar-refractivity contribution in [2.75, 3.05) is 13.1 Å². The van der Waals surface area contributed by atoms with Crippen LogP contribution in [-0.2, 0) is 13.1 Å². The molecule has 0 bridgehead atoms. The zero-order chi connectivity index (χ0) is 13.0. The number of rotatable bonds is 8. The first-order valence-corrected chi connectivity index (χ1v) is 7.17. The number of likely N-dealkylation sites (N-methyl/N-ethyl adjacent to an activating group) is 1. The quantitative estimate of drug-likeness (QED) is 0.764. The van der Waals surface area contributed by atoms with Crippen LogP contribution in [0.25, 0.3) is 0 Å². The highest BCUT2D eigenvalue weighted by molar-refractivity contribution is 4.98. The van der Waals surface area contributed by atoms with Crippen molar-refractivity contribution in [1.29, 1.82) is 0 Å². The van der Waals surface area contributed by atoms with E-state index in [-0.39, 0.29) is 0 Å². The fraction of sp³-hybridized carbons (Fsp3) is 0.786. The molecular formula is C14H26N4. The van der Waals surface area contributed by atoms with Gasteiger partial charge in [-0.2, -0.15) is 0 Å². The molecule has 1 heterocycles. The minimum absolute atomic E-state index is 0.520. The Labute approximate surface area is 110 Å². The standard InChI is InChI=1S/C14H26N4/c1-4-17(13-5-6-13)7-8-18-11-15-9-14(18)10-16-12(2)3/h9,11-13,16H,4-8,10H2,1-3H3. The Morgan fingerprint density at radius 3 is 2.89 bits per heavy atom. The Morgan fingerprint density at radius 1 is 1.50 bits per heavy atom. The van der Waals surface area contributed by atoms with E-state index >= 15 is 0 Å².